The standard InChI is InChI=1S/C7H10N2O.ClH/c1-8-6-3-4-9-5-7(6)10-2;/h3-5H,1-2H3,(H,8,9);1H. The lowest BCUT2D eigenvalue weighted by Crippen LogP contribution is -1.93. The Morgan fingerprint density at radius 1 is 1.55 bits per heavy atom. The summed E-state index contributed by atoms with van der Waals surface area (Å²) < 4.78 is 5.01. The second kappa shape index (κ2) is 4.79. The van der Waals surface area contributed by atoms with Crippen molar-refractivity contribution in [3.8, 4) is 5.75 Å². The van der Waals surface area contributed by atoms with Crippen LogP contribution >= 0.6 is 12.4 Å². The molecule has 0 bridgehead atoms. The van der Waals surface area contributed by atoms with Gasteiger partial charge in [0, 0.05) is 13.2 Å². The number of methoxy groups -OCH3 is 1. The van der Waals surface area contributed by atoms with Crippen molar-refractivity contribution < 1.29 is 4.74 Å². The quantitative estimate of drug-likeness (QED) is 0.739. The van der Waals surface area contributed by atoms with E-state index in [1.54, 1.807) is 19.5 Å². The van der Waals surface area contributed by atoms with Gasteiger partial charge in [-0.05, 0) is 6.07 Å². The Labute approximate surface area is 72.2 Å². The fourth-order valence-electron chi connectivity index (χ4n) is 0.749. The summed E-state index contributed by atoms with van der Waals surface area (Å²) in [5.41, 5.74) is 0.956. The van der Waals surface area contributed by atoms with Crippen LogP contribution in [0.1, 0.15) is 0 Å². The van der Waals surface area contributed by atoms with E-state index in [-0.39, 0.29) is 12.4 Å². The molecular formula is C7H11ClN2O. The number of rotatable bonds is 2. The summed E-state index contributed by atoms with van der Waals surface area (Å²) in [6, 6.07) is 1.86. The highest BCUT2D eigenvalue weighted by molar-refractivity contribution is 5.85. The first kappa shape index (κ1) is 10.0. The lowest BCUT2D eigenvalue weighted by atomic mass is 10.4. The van der Waals surface area contributed by atoms with E-state index in [1.807, 2.05) is 13.1 Å². The van der Waals surface area contributed by atoms with Crippen molar-refractivity contribution >= 4 is 18.1 Å². The van der Waals surface area contributed by atoms with Gasteiger partial charge in [0.1, 0.15) is 0 Å². The van der Waals surface area contributed by atoms with Crippen molar-refractivity contribution in [1.29, 1.82) is 0 Å². The average Bonchev–Trinajstić information content (AvgIpc) is 2.04. The highest BCUT2D eigenvalue weighted by Crippen LogP contribution is 2.20. The number of hydrogen-bond donors (Lipinski definition) is 1. The SMILES string of the molecule is CNc1ccncc1OC.Cl. The minimum absolute atomic E-state index is 0. The van der Waals surface area contributed by atoms with Gasteiger partial charge in [-0.3, -0.25) is 4.98 Å². The molecule has 1 N–H and O–H groups in total. The minimum Gasteiger partial charge on any atom is -0.493 e. The van der Waals surface area contributed by atoms with E-state index in [4.69, 9.17) is 4.74 Å². The van der Waals surface area contributed by atoms with Crippen LogP contribution in [-0.2, 0) is 0 Å². The van der Waals surface area contributed by atoms with Gasteiger partial charge in [-0.2, -0.15) is 0 Å². The molecule has 62 valence electrons. The van der Waals surface area contributed by atoms with Crippen molar-refractivity contribution in [3.05, 3.63) is 18.5 Å². The highest BCUT2D eigenvalue weighted by atomic mass is 35.5. The van der Waals surface area contributed by atoms with Crippen molar-refractivity contribution in [2.45, 2.75) is 0 Å². The molecule has 11 heavy (non-hydrogen) atoms. The van der Waals surface area contributed by atoms with Gasteiger partial charge in [0.2, 0.25) is 0 Å². The number of nitrogens with one attached hydrogen (secondary N) is 1. The number of nitrogens with zero attached hydrogens (tertiary/aromatic N) is 1. The largest absolute Gasteiger partial charge is 0.493 e. The van der Waals surface area contributed by atoms with E-state index >= 15 is 0 Å². The molecule has 0 aliphatic rings. The number of pyridine rings is 1. The van der Waals surface area contributed by atoms with Gasteiger partial charge in [-0.15, -0.1) is 12.4 Å². The molecule has 0 spiro atoms. The van der Waals surface area contributed by atoms with E-state index in [9.17, 15) is 0 Å². The van der Waals surface area contributed by atoms with Gasteiger partial charge in [0.25, 0.3) is 0 Å². The third-order valence-corrected chi connectivity index (χ3v) is 1.27. The molecule has 0 aliphatic carbocycles. The van der Waals surface area contributed by atoms with Crippen LogP contribution < -0.4 is 10.1 Å². The third kappa shape index (κ3) is 2.27. The predicted molar refractivity (Wildman–Crippen MR) is 47.6 cm³/mol. The van der Waals surface area contributed by atoms with E-state index < -0.39 is 0 Å². The van der Waals surface area contributed by atoms with Gasteiger partial charge in [-0.25, -0.2) is 0 Å². The Morgan fingerprint density at radius 2 is 2.27 bits per heavy atom. The summed E-state index contributed by atoms with van der Waals surface area (Å²) in [4.78, 5) is 3.90. The molecule has 1 heterocycles. The highest BCUT2D eigenvalue weighted by Gasteiger charge is 1.96. The summed E-state index contributed by atoms with van der Waals surface area (Å²) in [5, 5.41) is 2.98. The zero-order valence-corrected chi connectivity index (χ0v) is 7.31. The van der Waals surface area contributed by atoms with Crippen LogP contribution in [0.15, 0.2) is 18.5 Å². The second-order valence-corrected chi connectivity index (χ2v) is 1.83. The molecule has 1 aromatic rings. The number of hydrogen-bond acceptors (Lipinski definition) is 3. The topological polar surface area (TPSA) is 34.2 Å². The molecule has 0 fully saturated rings. The van der Waals surface area contributed by atoms with Gasteiger partial charge in [0.05, 0.1) is 19.0 Å². The fraction of sp³-hybridized carbons (Fsp3) is 0.286. The molecule has 0 radical (unpaired) electrons. The molecular weight excluding hydrogens is 164 g/mol. The maximum Gasteiger partial charge on any atom is 0.160 e. The number of aromatic nitrogens is 1. The first-order valence-corrected chi connectivity index (χ1v) is 3.04. The monoisotopic (exact) mass is 174 g/mol. The number of ether oxygens (including phenoxy) is 1. The van der Waals surface area contributed by atoms with Gasteiger partial charge < -0.3 is 10.1 Å². The molecule has 1 aromatic heterocycles. The summed E-state index contributed by atoms with van der Waals surface area (Å²) in [6.45, 7) is 0. The molecule has 0 saturated carbocycles. The Bertz CT molecular complexity index is 194. The maximum atomic E-state index is 5.01. The van der Waals surface area contributed by atoms with Crippen LogP contribution in [0.25, 0.3) is 0 Å². The molecule has 0 aliphatic heterocycles. The van der Waals surface area contributed by atoms with Crippen LogP contribution in [0.5, 0.6) is 5.75 Å². The van der Waals surface area contributed by atoms with Crippen LogP contribution in [0.2, 0.25) is 0 Å². The Morgan fingerprint density at radius 3 is 2.73 bits per heavy atom. The van der Waals surface area contributed by atoms with E-state index in [0.717, 1.165) is 11.4 Å². The Kier molecular flexibility index (Phi) is 4.38. The van der Waals surface area contributed by atoms with Gasteiger partial charge in [0.15, 0.2) is 5.75 Å². The van der Waals surface area contributed by atoms with Gasteiger partial charge >= 0.3 is 0 Å². The van der Waals surface area contributed by atoms with Crippen molar-refractivity contribution in [1.82, 2.24) is 4.98 Å². The van der Waals surface area contributed by atoms with E-state index in [1.165, 1.54) is 0 Å². The van der Waals surface area contributed by atoms with Crippen LogP contribution in [0.4, 0.5) is 5.69 Å². The molecule has 0 atom stereocenters. The molecule has 1 rings (SSSR count). The van der Waals surface area contributed by atoms with Crippen molar-refractivity contribution in [2.24, 2.45) is 0 Å². The van der Waals surface area contributed by atoms with Crippen molar-refractivity contribution in [2.75, 3.05) is 19.5 Å². The third-order valence-electron chi connectivity index (χ3n) is 1.27. The van der Waals surface area contributed by atoms with Gasteiger partial charge in [-0.1, -0.05) is 0 Å². The average molecular weight is 175 g/mol. The lowest BCUT2D eigenvalue weighted by molar-refractivity contribution is 0.415. The number of halogens is 1. The van der Waals surface area contributed by atoms with Crippen molar-refractivity contribution in [3.63, 3.8) is 0 Å². The molecule has 0 aromatic carbocycles. The second-order valence-electron chi connectivity index (χ2n) is 1.83. The minimum atomic E-state index is 0. The van der Waals surface area contributed by atoms with Crippen LogP contribution in [-0.4, -0.2) is 19.1 Å². The zero-order chi connectivity index (χ0) is 7.40. The summed E-state index contributed by atoms with van der Waals surface area (Å²) in [7, 11) is 3.47. The summed E-state index contributed by atoms with van der Waals surface area (Å²) in [5.74, 6) is 0.769. The molecule has 4 heteroatoms. The van der Waals surface area contributed by atoms with E-state index in [2.05, 4.69) is 10.3 Å². The lowest BCUT2D eigenvalue weighted by Gasteiger charge is -2.04. The Balaban J connectivity index is 0.000001000. The fourth-order valence-corrected chi connectivity index (χ4v) is 0.749. The van der Waals surface area contributed by atoms with Crippen LogP contribution in [0, 0.1) is 0 Å². The molecule has 0 amide bonds. The number of anilines is 1. The predicted octanol–water partition coefficient (Wildman–Crippen LogP) is 1.55. The normalized spacial score (nSPS) is 8.18. The van der Waals surface area contributed by atoms with E-state index in [0.29, 0.717) is 0 Å². The Hall–Kier alpha value is -0.960. The maximum absolute atomic E-state index is 5.01. The summed E-state index contributed by atoms with van der Waals surface area (Å²) in [6.07, 6.45) is 3.39. The smallest absolute Gasteiger partial charge is 0.160 e. The molecule has 3 nitrogen and oxygen atoms in total. The molecule has 0 unspecified atom stereocenters. The molecule has 0 saturated heterocycles. The summed E-state index contributed by atoms with van der Waals surface area (Å²) >= 11 is 0. The first-order valence-electron chi connectivity index (χ1n) is 3.04. The van der Waals surface area contributed by atoms with Crippen LogP contribution in [0.3, 0.4) is 0 Å². The zero-order valence-electron chi connectivity index (χ0n) is 6.50. The first-order chi connectivity index (χ1) is 4.88.